The van der Waals surface area contributed by atoms with Crippen LogP contribution in [-0.2, 0) is 11.3 Å². The maximum Gasteiger partial charge on any atom is 0.360 e. The second kappa shape index (κ2) is 6.19. The molecular weight excluding hydrogens is 325 g/mol. The number of nitrogens with zero attached hydrogens (tertiary/aromatic N) is 4. The zero-order valence-electron chi connectivity index (χ0n) is 13.8. The lowest BCUT2D eigenvalue weighted by Crippen LogP contribution is -2.26. The van der Waals surface area contributed by atoms with Crippen molar-refractivity contribution in [2.24, 2.45) is 5.92 Å². The van der Waals surface area contributed by atoms with Crippen molar-refractivity contribution in [3.63, 3.8) is 0 Å². The van der Waals surface area contributed by atoms with E-state index >= 15 is 0 Å². The molecule has 0 saturated heterocycles. The van der Waals surface area contributed by atoms with Crippen molar-refractivity contribution in [3.05, 3.63) is 59.4 Å². The average molecular weight is 343 g/mol. The van der Waals surface area contributed by atoms with Crippen LogP contribution in [-0.4, -0.2) is 32.5 Å². The number of nitrogens with one attached hydrogen (secondary N) is 1. The molecular formula is C17H18FN5O2. The van der Waals surface area contributed by atoms with Gasteiger partial charge in [0.25, 0.3) is 0 Å². The van der Waals surface area contributed by atoms with Gasteiger partial charge in [-0.05, 0) is 37.3 Å². The zero-order chi connectivity index (χ0) is 17.4. The van der Waals surface area contributed by atoms with Crippen molar-refractivity contribution >= 4 is 5.97 Å². The highest BCUT2D eigenvalue weighted by Crippen LogP contribution is 2.41. The van der Waals surface area contributed by atoms with Crippen LogP contribution in [0.15, 0.2) is 53.7 Å². The minimum Gasteiger partial charge on any atom is -0.461 e. The first-order valence-electron chi connectivity index (χ1n) is 8.26. The molecule has 0 radical (unpaired) electrons. The molecule has 0 amide bonds. The summed E-state index contributed by atoms with van der Waals surface area (Å²) in [6, 6.07) is 0. The third-order valence-corrected chi connectivity index (χ3v) is 4.20. The lowest BCUT2D eigenvalue weighted by molar-refractivity contribution is 0.0519. The Kier molecular flexibility index (Phi) is 3.87. The Morgan fingerprint density at radius 1 is 1.44 bits per heavy atom. The van der Waals surface area contributed by atoms with Crippen molar-refractivity contribution in [2.75, 3.05) is 6.61 Å². The van der Waals surface area contributed by atoms with Crippen molar-refractivity contribution in [1.82, 2.24) is 25.2 Å². The number of halogens is 1. The van der Waals surface area contributed by atoms with Crippen molar-refractivity contribution in [3.8, 4) is 0 Å². The first kappa shape index (κ1) is 15.6. The third kappa shape index (κ3) is 3.19. The molecule has 0 bridgehead atoms. The topological polar surface area (TPSA) is 72.3 Å². The Labute approximate surface area is 144 Å². The molecule has 0 atom stereocenters. The Hall–Kier alpha value is -2.90. The summed E-state index contributed by atoms with van der Waals surface area (Å²) in [7, 11) is 0. The quantitative estimate of drug-likeness (QED) is 0.827. The Balaban J connectivity index is 1.49. The molecule has 130 valence electrons. The Morgan fingerprint density at radius 2 is 2.28 bits per heavy atom. The minimum atomic E-state index is -0.498. The van der Waals surface area contributed by atoms with Gasteiger partial charge >= 0.3 is 5.97 Å². The molecule has 3 aliphatic rings. The Morgan fingerprint density at radius 3 is 3.04 bits per heavy atom. The van der Waals surface area contributed by atoms with Crippen LogP contribution >= 0.6 is 0 Å². The van der Waals surface area contributed by atoms with Gasteiger partial charge < -0.3 is 15.0 Å². The largest absolute Gasteiger partial charge is 0.461 e. The van der Waals surface area contributed by atoms with E-state index in [0.717, 1.165) is 24.1 Å². The molecule has 1 aliphatic carbocycles. The summed E-state index contributed by atoms with van der Waals surface area (Å²) < 4.78 is 20.7. The molecule has 1 aromatic heterocycles. The van der Waals surface area contributed by atoms with Crippen LogP contribution in [0.4, 0.5) is 4.39 Å². The number of fused-ring (bicyclic) bond motifs is 1. The summed E-state index contributed by atoms with van der Waals surface area (Å²) in [6.07, 6.45) is 10.8. The first-order valence-corrected chi connectivity index (χ1v) is 8.26. The fraction of sp³-hybridized carbons (Fsp3) is 0.353. The maximum atomic E-state index is 14.2. The van der Waals surface area contributed by atoms with Crippen molar-refractivity contribution < 1.29 is 13.9 Å². The van der Waals surface area contributed by atoms with Gasteiger partial charge in [-0.15, -0.1) is 5.10 Å². The van der Waals surface area contributed by atoms with Gasteiger partial charge in [-0.3, -0.25) is 0 Å². The molecule has 0 spiro atoms. The molecule has 0 aromatic carbocycles. The molecule has 8 heteroatoms. The summed E-state index contributed by atoms with van der Waals surface area (Å²) in [5, 5.41) is 10.8. The van der Waals surface area contributed by atoms with Crippen LogP contribution in [0.5, 0.6) is 0 Å². The molecule has 1 fully saturated rings. The van der Waals surface area contributed by atoms with Crippen LogP contribution in [0.1, 0.15) is 30.3 Å². The molecule has 7 nitrogen and oxygen atoms in total. The standard InChI is InChI=1S/C17H18FN5O2/c1-2-25-17(24)15-10-23(21-20-15)9-13-8-22-7-12(11-3-4-11)5-14(18)16(22)6-19-13/h5-8,10-11,19H,2-4,9H2,1H3. The molecule has 3 heterocycles. The number of ether oxygens (including phenoxy) is 1. The third-order valence-electron chi connectivity index (χ3n) is 4.20. The average Bonchev–Trinajstić information content (AvgIpc) is 3.34. The molecule has 2 aliphatic heterocycles. The van der Waals surface area contributed by atoms with Gasteiger partial charge in [-0.25, -0.2) is 13.9 Å². The van der Waals surface area contributed by atoms with Gasteiger partial charge in [0, 0.05) is 18.6 Å². The minimum absolute atomic E-state index is 0.164. The van der Waals surface area contributed by atoms with Crippen LogP contribution in [0, 0.1) is 5.92 Å². The summed E-state index contributed by atoms with van der Waals surface area (Å²) in [5.74, 6) is -0.263. The van der Waals surface area contributed by atoms with Gasteiger partial charge in [0.15, 0.2) is 5.69 Å². The van der Waals surface area contributed by atoms with Crippen LogP contribution in [0.25, 0.3) is 0 Å². The van der Waals surface area contributed by atoms with E-state index < -0.39 is 5.97 Å². The molecule has 0 unspecified atom stereocenters. The highest BCUT2D eigenvalue weighted by Gasteiger charge is 2.30. The summed E-state index contributed by atoms with van der Waals surface area (Å²) >= 11 is 0. The summed E-state index contributed by atoms with van der Waals surface area (Å²) in [4.78, 5) is 13.4. The highest BCUT2D eigenvalue weighted by atomic mass is 19.1. The summed E-state index contributed by atoms with van der Waals surface area (Å²) in [6.45, 7) is 2.40. The number of carbonyl (C=O) groups is 1. The van der Waals surface area contributed by atoms with Crippen LogP contribution in [0.3, 0.4) is 0 Å². The first-order chi connectivity index (χ1) is 12.1. The maximum absolute atomic E-state index is 14.2. The second-order valence-corrected chi connectivity index (χ2v) is 6.15. The van der Waals surface area contributed by atoms with E-state index in [0.29, 0.717) is 18.2 Å². The van der Waals surface area contributed by atoms with E-state index in [9.17, 15) is 9.18 Å². The van der Waals surface area contributed by atoms with Gasteiger partial charge in [0.1, 0.15) is 5.83 Å². The normalized spacial score (nSPS) is 19.2. The number of carbonyl (C=O) groups excluding carboxylic acids is 1. The van der Waals surface area contributed by atoms with E-state index in [1.54, 1.807) is 24.1 Å². The zero-order valence-corrected chi connectivity index (χ0v) is 13.8. The molecule has 1 saturated carbocycles. The highest BCUT2D eigenvalue weighted by molar-refractivity contribution is 5.86. The second-order valence-electron chi connectivity index (χ2n) is 6.15. The van der Waals surface area contributed by atoms with Gasteiger partial charge in [-0.2, -0.15) is 0 Å². The van der Waals surface area contributed by atoms with E-state index in [1.165, 1.54) is 10.9 Å². The number of hydrogen-bond donors (Lipinski definition) is 1. The fourth-order valence-electron chi connectivity index (χ4n) is 2.80. The summed E-state index contributed by atoms with van der Waals surface area (Å²) in [5.41, 5.74) is 2.49. The number of aromatic nitrogens is 3. The van der Waals surface area contributed by atoms with E-state index in [1.807, 2.05) is 12.4 Å². The Bertz CT molecular complexity index is 832. The number of rotatable bonds is 5. The smallest absolute Gasteiger partial charge is 0.360 e. The molecule has 1 N–H and O–H groups in total. The van der Waals surface area contributed by atoms with Crippen LogP contribution < -0.4 is 5.32 Å². The lowest BCUT2D eigenvalue weighted by atomic mass is 10.1. The fourth-order valence-corrected chi connectivity index (χ4v) is 2.80. The van der Waals surface area contributed by atoms with E-state index in [4.69, 9.17) is 4.74 Å². The van der Waals surface area contributed by atoms with E-state index in [-0.39, 0.29) is 18.1 Å². The molecule has 1 aromatic rings. The van der Waals surface area contributed by atoms with Crippen molar-refractivity contribution in [1.29, 1.82) is 0 Å². The predicted octanol–water partition coefficient (Wildman–Crippen LogP) is 2.20. The number of allylic oxidation sites excluding steroid dienone is 4. The van der Waals surface area contributed by atoms with Crippen molar-refractivity contribution in [2.45, 2.75) is 26.3 Å². The number of esters is 1. The van der Waals surface area contributed by atoms with Gasteiger partial charge in [0.05, 0.1) is 30.7 Å². The number of hydrogen-bond acceptors (Lipinski definition) is 6. The lowest BCUT2D eigenvalue weighted by Gasteiger charge is -2.28. The van der Waals surface area contributed by atoms with Gasteiger partial charge in [-0.1, -0.05) is 5.21 Å². The monoisotopic (exact) mass is 343 g/mol. The van der Waals surface area contributed by atoms with Gasteiger partial charge in [0.2, 0.25) is 0 Å². The predicted molar refractivity (Wildman–Crippen MR) is 87.1 cm³/mol. The van der Waals surface area contributed by atoms with Crippen LogP contribution in [0.2, 0.25) is 0 Å². The van der Waals surface area contributed by atoms with E-state index in [2.05, 4.69) is 15.6 Å². The molecule has 4 rings (SSSR count). The SMILES string of the molecule is CCOC(=O)c1cn(CC2=CN3C=C(C4CC4)C=C(F)C3=CN2)nn1. The molecule has 25 heavy (non-hydrogen) atoms.